The van der Waals surface area contributed by atoms with Crippen molar-refractivity contribution in [3.8, 4) is 11.4 Å². The highest BCUT2D eigenvalue weighted by Crippen LogP contribution is 2.20. The lowest BCUT2D eigenvalue weighted by Crippen LogP contribution is -2.38. The molecule has 0 unspecified atom stereocenters. The predicted octanol–water partition coefficient (Wildman–Crippen LogP) is 1.52. The summed E-state index contributed by atoms with van der Waals surface area (Å²) >= 11 is 0. The van der Waals surface area contributed by atoms with Gasteiger partial charge in [0.15, 0.2) is 0 Å². The highest BCUT2D eigenvalue weighted by molar-refractivity contribution is 5.52. The Morgan fingerprint density at radius 1 is 1.30 bits per heavy atom. The van der Waals surface area contributed by atoms with Crippen molar-refractivity contribution < 1.29 is 9.63 Å². The molecule has 1 aliphatic heterocycles. The second-order valence-electron chi connectivity index (χ2n) is 6.57. The average molecular weight is 367 g/mol. The fraction of sp³-hybridized carbons (Fsp3) is 0.389. The van der Waals surface area contributed by atoms with Crippen molar-refractivity contribution in [2.45, 2.75) is 25.5 Å². The van der Waals surface area contributed by atoms with Gasteiger partial charge in [-0.2, -0.15) is 9.97 Å². The highest BCUT2D eigenvalue weighted by atomic mass is 16.5. The molecule has 9 heteroatoms. The van der Waals surface area contributed by atoms with E-state index in [1.165, 1.54) is 0 Å². The SMILES string of the molecule is CN(Cc1nc(-c2cccnc2)no1)c1nccc(N2CCC[C@@H](O)C2)n1. The summed E-state index contributed by atoms with van der Waals surface area (Å²) in [5.74, 6) is 2.35. The van der Waals surface area contributed by atoms with Crippen LogP contribution >= 0.6 is 0 Å². The van der Waals surface area contributed by atoms with E-state index < -0.39 is 0 Å². The molecule has 0 bridgehead atoms. The Morgan fingerprint density at radius 2 is 2.22 bits per heavy atom. The van der Waals surface area contributed by atoms with Crippen LogP contribution in [0.1, 0.15) is 18.7 Å². The van der Waals surface area contributed by atoms with Gasteiger partial charge in [0.2, 0.25) is 17.7 Å². The first-order valence-corrected chi connectivity index (χ1v) is 8.89. The summed E-state index contributed by atoms with van der Waals surface area (Å²) in [5, 5.41) is 13.9. The zero-order valence-electron chi connectivity index (χ0n) is 15.1. The van der Waals surface area contributed by atoms with Crippen molar-refractivity contribution in [2.75, 3.05) is 29.9 Å². The largest absolute Gasteiger partial charge is 0.391 e. The molecule has 0 spiro atoms. The number of hydrogen-bond donors (Lipinski definition) is 1. The third-order valence-electron chi connectivity index (χ3n) is 4.45. The number of hydrogen-bond acceptors (Lipinski definition) is 9. The van der Waals surface area contributed by atoms with Crippen LogP contribution < -0.4 is 9.80 Å². The summed E-state index contributed by atoms with van der Waals surface area (Å²) in [7, 11) is 1.87. The molecule has 1 fully saturated rings. The van der Waals surface area contributed by atoms with Crippen molar-refractivity contribution in [3.05, 3.63) is 42.7 Å². The molecule has 4 rings (SSSR count). The first-order chi connectivity index (χ1) is 13.2. The molecule has 9 nitrogen and oxygen atoms in total. The van der Waals surface area contributed by atoms with Gasteiger partial charge < -0.3 is 19.4 Å². The van der Waals surface area contributed by atoms with Crippen LogP contribution in [-0.2, 0) is 6.54 Å². The van der Waals surface area contributed by atoms with E-state index in [9.17, 15) is 5.11 Å². The maximum atomic E-state index is 9.88. The third kappa shape index (κ3) is 4.03. The minimum Gasteiger partial charge on any atom is -0.391 e. The monoisotopic (exact) mass is 367 g/mol. The lowest BCUT2D eigenvalue weighted by Gasteiger charge is -2.31. The number of piperidine rings is 1. The molecule has 1 saturated heterocycles. The zero-order valence-corrected chi connectivity index (χ0v) is 15.1. The van der Waals surface area contributed by atoms with E-state index in [4.69, 9.17) is 4.52 Å². The fourth-order valence-corrected chi connectivity index (χ4v) is 3.07. The maximum Gasteiger partial charge on any atom is 0.246 e. The summed E-state index contributed by atoms with van der Waals surface area (Å²) < 4.78 is 5.34. The minimum atomic E-state index is -0.306. The van der Waals surface area contributed by atoms with Gasteiger partial charge in [-0.25, -0.2) is 4.98 Å². The van der Waals surface area contributed by atoms with Crippen molar-refractivity contribution in [3.63, 3.8) is 0 Å². The van der Waals surface area contributed by atoms with Gasteiger partial charge in [0.1, 0.15) is 5.82 Å². The first kappa shape index (κ1) is 17.3. The van der Waals surface area contributed by atoms with Gasteiger partial charge in [0, 0.05) is 44.3 Å². The Hall–Kier alpha value is -3.07. The Bertz CT molecular complexity index is 886. The second-order valence-corrected chi connectivity index (χ2v) is 6.57. The number of β-amino-alcohol motifs (C(OH)–C–C–N with tert-alkyl or cyclic N) is 1. The Kier molecular flexibility index (Phi) is 4.93. The number of aliphatic hydroxyl groups is 1. The van der Waals surface area contributed by atoms with Crippen molar-refractivity contribution in [2.24, 2.45) is 0 Å². The van der Waals surface area contributed by atoms with Gasteiger partial charge in [-0.15, -0.1) is 0 Å². The zero-order chi connectivity index (χ0) is 18.6. The molecule has 3 aromatic heterocycles. The normalized spacial score (nSPS) is 17.1. The van der Waals surface area contributed by atoms with Gasteiger partial charge in [-0.05, 0) is 31.0 Å². The lowest BCUT2D eigenvalue weighted by atomic mass is 10.1. The summed E-state index contributed by atoms with van der Waals surface area (Å²) in [6, 6.07) is 5.57. The Balaban J connectivity index is 1.46. The summed E-state index contributed by atoms with van der Waals surface area (Å²) in [5.41, 5.74) is 0.803. The molecule has 1 aliphatic rings. The van der Waals surface area contributed by atoms with Gasteiger partial charge >= 0.3 is 0 Å². The van der Waals surface area contributed by atoms with Gasteiger partial charge in [0.05, 0.1) is 12.6 Å². The molecule has 0 radical (unpaired) electrons. The molecular formula is C18H21N7O2. The smallest absolute Gasteiger partial charge is 0.246 e. The first-order valence-electron chi connectivity index (χ1n) is 8.89. The molecule has 1 atom stereocenters. The molecule has 0 saturated carbocycles. The fourth-order valence-electron chi connectivity index (χ4n) is 3.07. The van der Waals surface area contributed by atoms with E-state index in [-0.39, 0.29) is 6.10 Å². The maximum absolute atomic E-state index is 9.88. The molecule has 0 aromatic carbocycles. The average Bonchev–Trinajstić information content (AvgIpc) is 3.17. The van der Waals surface area contributed by atoms with Gasteiger partial charge in [0.25, 0.3) is 0 Å². The van der Waals surface area contributed by atoms with Crippen LogP contribution in [-0.4, -0.2) is 56.4 Å². The topological polar surface area (TPSA) is 104 Å². The second kappa shape index (κ2) is 7.67. The van der Waals surface area contributed by atoms with Crippen molar-refractivity contribution in [1.29, 1.82) is 0 Å². The van der Waals surface area contributed by atoms with E-state index in [2.05, 4.69) is 30.0 Å². The number of aromatic nitrogens is 5. The number of pyridine rings is 1. The molecule has 4 heterocycles. The summed E-state index contributed by atoms with van der Waals surface area (Å²) in [6.45, 7) is 1.87. The minimum absolute atomic E-state index is 0.306. The number of rotatable bonds is 5. The third-order valence-corrected chi connectivity index (χ3v) is 4.45. The number of nitrogens with zero attached hydrogens (tertiary/aromatic N) is 7. The molecule has 3 aromatic rings. The molecule has 140 valence electrons. The molecule has 0 amide bonds. The van der Waals surface area contributed by atoms with E-state index in [1.54, 1.807) is 18.6 Å². The van der Waals surface area contributed by atoms with Crippen molar-refractivity contribution >= 4 is 11.8 Å². The lowest BCUT2D eigenvalue weighted by molar-refractivity contribution is 0.154. The predicted molar refractivity (Wildman–Crippen MR) is 99.1 cm³/mol. The summed E-state index contributed by atoms with van der Waals surface area (Å²) in [4.78, 5) is 21.4. The van der Waals surface area contributed by atoms with Crippen LogP contribution in [0.2, 0.25) is 0 Å². The van der Waals surface area contributed by atoms with Crippen LogP contribution in [0.5, 0.6) is 0 Å². The van der Waals surface area contributed by atoms with Gasteiger partial charge in [-0.3, -0.25) is 4.98 Å². The molecule has 1 N–H and O–H groups in total. The quantitative estimate of drug-likeness (QED) is 0.718. The van der Waals surface area contributed by atoms with E-state index in [0.717, 1.165) is 30.8 Å². The molecular weight excluding hydrogens is 346 g/mol. The van der Waals surface area contributed by atoms with E-state index in [0.29, 0.717) is 30.8 Å². The molecule has 27 heavy (non-hydrogen) atoms. The highest BCUT2D eigenvalue weighted by Gasteiger charge is 2.20. The van der Waals surface area contributed by atoms with Crippen LogP contribution in [0, 0.1) is 0 Å². The molecule has 0 aliphatic carbocycles. The van der Waals surface area contributed by atoms with E-state index in [1.807, 2.05) is 30.1 Å². The van der Waals surface area contributed by atoms with Crippen LogP contribution in [0.4, 0.5) is 11.8 Å². The standard InChI is InChI=1S/C18H21N7O2/c1-24(12-16-22-17(23-27-16)13-4-2-7-19-10-13)18-20-8-6-15(21-18)25-9-3-5-14(26)11-25/h2,4,6-8,10,14,26H,3,5,9,11-12H2,1H3/t14-/m1/s1. The summed E-state index contributed by atoms with van der Waals surface area (Å²) in [6.07, 6.45) is 6.60. The van der Waals surface area contributed by atoms with Gasteiger partial charge in [-0.1, -0.05) is 5.16 Å². The van der Waals surface area contributed by atoms with Crippen LogP contribution in [0.25, 0.3) is 11.4 Å². The Morgan fingerprint density at radius 3 is 3.04 bits per heavy atom. The number of aliphatic hydroxyl groups excluding tert-OH is 1. The van der Waals surface area contributed by atoms with E-state index >= 15 is 0 Å². The Labute approximate surface area is 156 Å². The van der Waals surface area contributed by atoms with Crippen LogP contribution in [0.15, 0.2) is 41.3 Å². The van der Waals surface area contributed by atoms with Crippen molar-refractivity contribution in [1.82, 2.24) is 25.1 Å². The number of anilines is 2. The van der Waals surface area contributed by atoms with Crippen LogP contribution in [0.3, 0.4) is 0 Å².